The van der Waals surface area contributed by atoms with Crippen LogP contribution in [0.1, 0.15) is 40.5 Å². The van der Waals surface area contributed by atoms with Crippen molar-refractivity contribution in [3.05, 3.63) is 28.6 Å². The van der Waals surface area contributed by atoms with E-state index in [4.69, 9.17) is 33.7 Å². The molecule has 0 atom stereocenters. The van der Waals surface area contributed by atoms with E-state index in [0.29, 0.717) is 27.3 Å². The van der Waals surface area contributed by atoms with Crippen molar-refractivity contribution in [1.82, 2.24) is 20.3 Å². The average Bonchev–Trinajstić information content (AvgIpc) is 2.71. The van der Waals surface area contributed by atoms with E-state index in [1.807, 2.05) is 20.8 Å². The molecule has 174 valence electrons. The number of ether oxygens (including phenoxy) is 1. The number of nitrogens with one attached hydrogen (secondary N) is 1. The zero-order valence-corrected chi connectivity index (χ0v) is 20.9. The number of hydrogen-bond donors (Lipinski definition) is 2. The Morgan fingerprint density at radius 3 is 2.62 bits per heavy atom. The van der Waals surface area contributed by atoms with Crippen LogP contribution in [0.4, 0.5) is 16.4 Å². The van der Waals surface area contributed by atoms with Crippen LogP contribution >= 0.6 is 35.0 Å². The van der Waals surface area contributed by atoms with E-state index in [2.05, 4.69) is 32.1 Å². The highest BCUT2D eigenvalue weighted by Gasteiger charge is 2.32. The first-order valence-corrected chi connectivity index (χ1v) is 11.9. The highest BCUT2D eigenvalue weighted by molar-refractivity contribution is 7.99. The van der Waals surface area contributed by atoms with Crippen molar-refractivity contribution >= 4 is 52.7 Å². The number of nitrogen functional groups attached to an aromatic ring is 1. The first kappa shape index (κ1) is 24.7. The Labute approximate surface area is 202 Å². The molecule has 3 heterocycles. The minimum atomic E-state index is -0.508. The van der Waals surface area contributed by atoms with Gasteiger partial charge in [0.05, 0.1) is 11.2 Å². The number of rotatable bonds is 5. The molecule has 1 saturated heterocycles. The van der Waals surface area contributed by atoms with Crippen molar-refractivity contribution in [3.8, 4) is 0 Å². The molecule has 8 nitrogen and oxygen atoms in total. The lowest BCUT2D eigenvalue weighted by atomic mass is 9.80. The van der Waals surface area contributed by atoms with E-state index < -0.39 is 5.60 Å². The lowest BCUT2D eigenvalue weighted by Crippen LogP contribution is -2.46. The maximum atomic E-state index is 12.0. The Morgan fingerprint density at radius 2 is 2.00 bits per heavy atom. The van der Waals surface area contributed by atoms with Gasteiger partial charge in [-0.15, -0.1) is 0 Å². The largest absolute Gasteiger partial charge is 0.444 e. The van der Waals surface area contributed by atoms with Gasteiger partial charge in [-0.3, -0.25) is 0 Å². The fraction of sp³-hybridized carbons (Fsp3) is 0.524. The van der Waals surface area contributed by atoms with Crippen LogP contribution in [0, 0.1) is 5.41 Å². The van der Waals surface area contributed by atoms with Crippen LogP contribution < -0.4 is 16.0 Å². The first-order valence-electron chi connectivity index (χ1n) is 10.3. The van der Waals surface area contributed by atoms with Gasteiger partial charge in [0.2, 0.25) is 0 Å². The summed E-state index contributed by atoms with van der Waals surface area (Å²) in [6, 6.07) is 1.75. The molecule has 0 bridgehead atoms. The van der Waals surface area contributed by atoms with Crippen LogP contribution in [0.3, 0.4) is 0 Å². The summed E-state index contributed by atoms with van der Waals surface area (Å²) in [5.74, 6) is 1.06. The number of nitrogens with two attached hydrogens (primary N) is 1. The molecule has 1 aliphatic heterocycles. The molecule has 32 heavy (non-hydrogen) atoms. The molecule has 0 aromatic carbocycles. The molecule has 0 radical (unpaired) electrons. The highest BCUT2D eigenvalue weighted by atomic mass is 35.5. The first-order chi connectivity index (χ1) is 15.0. The Hall–Kier alpha value is -1.97. The van der Waals surface area contributed by atoms with E-state index in [0.717, 1.165) is 31.7 Å². The minimum Gasteiger partial charge on any atom is -0.444 e. The summed E-state index contributed by atoms with van der Waals surface area (Å²) in [7, 11) is 0. The third kappa shape index (κ3) is 6.52. The van der Waals surface area contributed by atoms with Crippen LogP contribution in [0.2, 0.25) is 10.2 Å². The number of alkyl carbamates (subject to hydrolysis) is 1. The van der Waals surface area contributed by atoms with Gasteiger partial charge < -0.3 is 20.7 Å². The molecule has 1 amide bonds. The molecule has 3 rings (SSSR count). The van der Waals surface area contributed by atoms with Gasteiger partial charge in [0, 0.05) is 30.7 Å². The molecule has 1 aliphatic rings. The number of nitrogens with zero attached hydrogens (tertiary/aromatic N) is 4. The predicted octanol–water partition coefficient (Wildman–Crippen LogP) is 5.04. The molecule has 0 saturated carbocycles. The fourth-order valence-corrected chi connectivity index (χ4v) is 4.47. The van der Waals surface area contributed by atoms with Gasteiger partial charge in [-0.2, -0.15) is 0 Å². The summed E-state index contributed by atoms with van der Waals surface area (Å²) in [4.78, 5) is 27.8. The molecule has 2 aromatic heterocycles. The Kier molecular flexibility index (Phi) is 7.62. The van der Waals surface area contributed by atoms with E-state index in [-0.39, 0.29) is 16.7 Å². The van der Waals surface area contributed by atoms with Gasteiger partial charge in [-0.25, -0.2) is 19.7 Å². The van der Waals surface area contributed by atoms with E-state index in [9.17, 15) is 4.79 Å². The summed E-state index contributed by atoms with van der Waals surface area (Å²) in [6.45, 7) is 9.87. The number of pyridine rings is 1. The zero-order valence-electron chi connectivity index (χ0n) is 18.6. The molecule has 0 spiro atoms. The molecule has 0 aliphatic carbocycles. The summed E-state index contributed by atoms with van der Waals surface area (Å²) in [6.07, 6.45) is 4.70. The third-order valence-electron chi connectivity index (χ3n) is 5.12. The average molecular weight is 499 g/mol. The Bertz CT molecular complexity index is 977. The van der Waals surface area contributed by atoms with E-state index in [1.165, 1.54) is 11.8 Å². The number of hydrogen-bond acceptors (Lipinski definition) is 8. The summed E-state index contributed by atoms with van der Waals surface area (Å²) < 4.78 is 5.33. The monoisotopic (exact) mass is 498 g/mol. The number of carbonyl (C=O) groups is 1. The van der Waals surface area contributed by atoms with E-state index >= 15 is 0 Å². The van der Waals surface area contributed by atoms with Gasteiger partial charge in [0.1, 0.15) is 21.6 Å². The minimum absolute atomic E-state index is 0.0144. The van der Waals surface area contributed by atoms with Gasteiger partial charge in [0.15, 0.2) is 5.82 Å². The molecule has 0 unspecified atom stereocenters. The van der Waals surface area contributed by atoms with Crippen LogP contribution in [0.15, 0.2) is 28.4 Å². The van der Waals surface area contributed by atoms with Crippen molar-refractivity contribution < 1.29 is 9.53 Å². The topological polar surface area (TPSA) is 106 Å². The quantitative estimate of drug-likeness (QED) is 0.551. The van der Waals surface area contributed by atoms with Crippen LogP contribution in [-0.2, 0) is 4.74 Å². The van der Waals surface area contributed by atoms with Crippen LogP contribution in [0.5, 0.6) is 0 Å². The fourth-order valence-electron chi connectivity index (χ4n) is 3.25. The maximum absolute atomic E-state index is 12.0. The highest BCUT2D eigenvalue weighted by Crippen LogP contribution is 2.38. The van der Waals surface area contributed by atoms with Crippen LogP contribution in [0.25, 0.3) is 0 Å². The second-order valence-corrected chi connectivity index (χ2v) is 10.9. The summed E-state index contributed by atoms with van der Waals surface area (Å²) >= 11 is 13.5. The maximum Gasteiger partial charge on any atom is 0.407 e. The number of halogens is 2. The standard InChI is InChI=1S/C21H28Cl2N6O2S/c1-20(2,3)31-19(30)27-12-21(4)6-9-29(10-7-21)14-11-26-18(17(24)28-14)32-13-5-8-25-16(23)15(13)22/h5,8,11H,6-7,9-10,12H2,1-4H3,(H2,24,28)(H,27,30). The second-order valence-electron chi connectivity index (χ2n) is 9.09. The lowest BCUT2D eigenvalue weighted by Gasteiger charge is -2.40. The van der Waals surface area contributed by atoms with Gasteiger partial charge in [0.25, 0.3) is 0 Å². The second kappa shape index (κ2) is 9.89. The van der Waals surface area contributed by atoms with Crippen molar-refractivity contribution in [1.29, 1.82) is 0 Å². The number of anilines is 2. The van der Waals surface area contributed by atoms with Crippen molar-refractivity contribution in [2.24, 2.45) is 5.41 Å². The van der Waals surface area contributed by atoms with Gasteiger partial charge in [-0.05, 0) is 45.1 Å². The molecule has 2 aromatic rings. The van der Waals surface area contributed by atoms with Crippen LogP contribution in [-0.4, -0.2) is 46.3 Å². The van der Waals surface area contributed by atoms with Crippen molar-refractivity contribution in [2.45, 2.75) is 56.1 Å². The number of amides is 1. The Balaban J connectivity index is 1.58. The normalized spacial score (nSPS) is 16.0. The molecule has 11 heteroatoms. The molecular weight excluding hydrogens is 471 g/mol. The number of aromatic nitrogens is 3. The zero-order chi connectivity index (χ0) is 23.5. The Morgan fingerprint density at radius 1 is 1.31 bits per heavy atom. The van der Waals surface area contributed by atoms with Crippen molar-refractivity contribution in [2.75, 3.05) is 30.3 Å². The predicted molar refractivity (Wildman–Crippen MR) is 129 cm³/mol. The smallest absolute Gasteiger partial charge is 0.407 e. The lowest BCUT2D eigenvalue weighted by molar-refractivity contribution is 0.0495. The molecular formula is C21H28Cl2N6O2S. The number of carbonyl (C=O) groups excluding carboxylic acids is 1. The molecule has 3 N–H and O–H groups in total. The van der Waals surface area contributed by atoms with Gasteiger partial charge >= 0.3 is 6.09 Å². The summed E-state index contributed by atoms with van der Waals surface area (Å²) in [5, 5.41) is 4.05. The van der Waals surface area contributed by atoms with E-state index in [1.54, 1.807) is 18.5 Å². The third-order valence-corrected chi connectivity index (χ3v) is 7.07. The number of piperidine rings is 1. The molecule has 1 fully saturated rings. The van der Waals surface area contributed by atoms with Crippen molar-refractivity contribution in [3.63, 3.8) is 0 Å². The SMILES string of the molecule is CC1(CNC(=O)OC(C)(C)C)CCN(c2cnc(Sc3ccnc(Cl)c3Cl)c(N)n2)CC1. The summed E-state index contributed by atoms with van der Waals surface area (Å²) in [5.41, 5.74) is 5.65. The van der Waals surface area contributed by atoms with Gasteiger partial charge in [-0.1, -0.05) is 41.9 Å².